The summed E-state index contributed by atoms with van der Waals surface area (Å²) in [5.41, 5.74) is 2.85. The molecule has 0 unspecified atom stereocenters. The molecule has 4 rings (SSSR count). The molecule has 0 saturated heterocycles. The Morgan fingerprint density at radius 3 is 2.75 bits per heavy atom. The lowest BCUT2D eigenvalue weighted by Gasteiger charge is -2.26. The second-order valence-electron chi connectivity index (χ2n) is 7.07. The van der Waals surface area contributed by atoms with Crippen molar-refractivity contribution in [1.29, 1.82) is 0 Å². The van der Waals surface area contributed by atoms with Gasteiger partial charge in [-0.3, -0.25) is 4.68 Å². The Kier molecular flexibility index (Phi) is 4.18. The normalized spacial score (nSPS) is 24.1. The van der Waals surface area contributed by atoms with Crippen molar-refractivity contribution < 1.29 is 5.11 Å². The van der Waals surface area contributed by atoms with E-state index in [-0.39, 0.29) is 6.10 Å². The average molecular weight is 328 g/mol. The van der Waals surface area contributed by atoms with Gasteiger partial charge in [-0.15, -0.1) is 5.10 Å². The number of anilines is 1. The van der Waals surface area contributed by atoms with Crippen molar-refractivity contribution in [3.63, 3.8) is 0 Å². The molecule has 0 bridgehead atoms. The fourth-order valence-corrected chi connectivity index (χ4v) is 3.36. The highest BCUT2D eigenvalue weighted by molar-refractivity contribution is 5.58. The molecule has 24 heavy (non-hydrogen) atoms. The van der Waals surface area contributed by atoms with Gasteiger partial charge in [-0.25, -0.2) is 9.97 Å². The topological polar surface area (TPSA) is 88.8 Å². The Bertz CT molecular complexity index is 703. The van der Waals surface area contributed by atoms with Gasteiger partial charge in [-0.1, -0.05) is 5.21 Å². The van der Waals surface area contributed by atoms with Gasteiger partial charge in [0.2, 0.25) is 5.95 Å². The number of aryl methyl sites for hydroxylation is 1. The third kappa shape index (κ3) is 3.40. The fourth-order valence-electron chi connectivity index (χ4n) is 3.36. The number of rotatable bonds is 5. The lowest BCUT2D eigenvalue weighted by molar-refractivity contribution is 0.126. The van der Waals surface area contributed by atoms with Crippen LogP contribution in [0.4, 0.5) is 5.95 Å². The predicted molar refractivity (Wildman–Crippen MR) is 90.3 cm³/mol. The highest BCUT2D eigenvalue weighted by Gasteiger charge is 2.26. The van der Waals surface area contributed by atoms with Crippen molar-refractivity contribution in [3.05, 3.63) is 18.0 Å². The summed E-state index contributed by atoms with van der Waals surface area (Å²) in [4.78, 5) is 9.01. The van der Waals surface area contributed by atoms with E-state index in [0.717, 1.165) is 55.1 Å². The summed E-state index contributed by atoms with van der Waals surface area (Å²) in [5, 5.41) is 21.5. The Labute approximate surface area is 141 Å². The maximum Gasteiger partial charge on any atom is 0.223 e. The van der Waals surface area contributed by atoms with Gasteiger partial charge in [-0.05, 0) is 56.9 Å². The number of nitrogens with one attached hydrogen (secondary N) is 1. The molecule has 2 aliphatic carbocycles. The minimum absolute atomic E-state index is 0.153. The van der Waals surface area contributed by atoms with Crippen LogP contribution in [0.5, 0.6) is 0 Å². The molecule has 0 atom stereocenters. The van der Waals surface area contributed by atoms with E-state index in [1.54, 1.807) is 6.20 Å². The average Bonchev–Trinajstić information content (AvgIpc) is 3.33. The minimum Gasteiger partial charge on any atom is -0.393 e. The van der Waals surface area contributed by atoms with Crippen molar-refractivity contribution >= 4 is 5.95 Å². The maximum absolute atomic E-state index is 9.62. The van der Waals surface area contributed by atoms with E-state index in [4.69, 9.17) is 0 Å². The molecule has 2 aromatic heterocycles. The Morgan fingerprint density at radius 2 is 2.00 bits per heavy atom. The number of aliphatic hydroxyl groups is 1. The Morgan fingerprint density at radius 1 is 1.21 bits per heavy atom. The van der Waals surface area contributed by atoms with E-state index in [2.05, 4.69) is 25.6 Å². The van der Waals surface area contributed by atoms with Crippen LogP contribution < -0.4 is 5.32 Å². The van der Waals surface area contributed by atoms with Crippen LogP contribution in [-0.4, -0.2) is 42.2 Å². The van der Waals surface area contributed by atoms with Crippen molar-refractivity contribution in [1.82, 2.24) is 25.0 Å². The number of hydrogen-bond donors (Lipinski definition) is 2. The first kappa shape index (κ1) is 15.5. The zero-order chi connectivity index (χ0) is 16.5. The molecule has 7 heteroatoms. The smallest absolute Gasteiger partial charge is 0.223 e. The molecule has 0 aromatic carbocycles. The van der Waals surface area contributed by atoms with Gasteiger partial charge >= 0.3 is 0 Å². The molecule has 7 nitrogen and oxygen atoms in total. The zero-order valence-electron chi connectivity index (χ0n) is 14.0. The van der Waals surface area contributed by atoms with E-state index in [9.17, 15) is 5.11 Å². The fraction of sp³-hybridized carbons (Fsp3) is 0.647. The lowest BCUT2D eigenvalue weighted by atomic mass is 9.93. The van der Waals surface area contributed by atoms with E-state index < -0.39 is 0 Å². The standard InChI is InChI=1S/C17H24N6O/c1-23-15(10-11-2-3-11)16(21-22-23)14-8-9-18-17(20-14)19-12-4-6-13(24)7-5-12/h8-9,11-13,24H,2-7,10H2,1H3,(H,18,19,20)/t12-,13-. The van der Waals surface area contributed by atoms with Gasteiger partial charge in [0, 0.05) is 19.3 Å². The van der Waals surface area contributed by atoms with Gasteiger partial charge in [0.05, 0.1) is 17.5 Å². The highest BCUT2D eigenvalue weighted by atomic mass is 16.3. The molecule has 0 aliphatic heterocycles. The second-order valence-corrected chi connectivity index (χ2v) is 7.07. The van der Waals surface area contributed by atoms with Crippen LogP contribution in [0.2, 0.25) is 0 Å². The van der Waals surface area contributed by atoms with E-state index in [0.29, 0.717) is 12.0 Å². The van der Waals surface area contributed by atoms with Gasteiger partial charge < -0.3 is 10.4 Å². The van der Waals surface area contributed by atoms with Gasteiger partial charge in [-0.2, -0.15) is 0 Å². The molecule has 0 amide bonds. The van der Waals surface area contributed by atoms with Crippen LogP contribution in [0.3, 0.4) is 0 Å². The van der Waals surface area contributed by atoms with Gasteiger partial charge in [0.15, 0.2) is 0 Å². The minimum atomic E-state index is -0.153. The Balaban J connectivity index is 1.52. The van der Waals surface area contributed by atoms with Gasteiger partial charge in [0.25, 0.3) is 0 Å². The number of aliphatic hydroxyl groups excluding tert-OH is 1. The third-order valence-electron chi connectivity index (χ3n) is 5.05. The summed E-state index contributed by atoms with van der Waals surface area (Å²) in [5.74, 6) is 1.41. The lowest BCUT2D eigenvalue weighted by Crippen LogP contribution is -2.28. The summed E-state index contributed by atoms with van der Waals surface area (Å²) in [6.45, 7) is 0. The van der Waals surface area contributed by atoms with E-state index in [1.165, 1.54) is 12.8 Å². The quantitative estimate of drug-likeness (QED) is 0.872. The molecule has 2 N–H and O–H groups in total. The van der Waals surface area contributed by atoms with Crippen LogP contribution in [0.25, 0.3) is 11.4 Å². The number of nitrogens with zero attached hydrogens (tertiary/aromatic N) is 5. The van der Waals surface area contributed by atoms with E-state index >= 15 is 0 Å². The first-order valence-electron chi connectivity index (χ1n) is 8.85. The van der Waals surface area contributed by atoms with Crippen LogP contribution in [0.1, 0.15) is 44.2 Å². The first-order valence-corrected chi connectivity index (χ1v) is 8.85. The molecule has 128 valence electrons. The van der Waals surface area contributed by atoms with Crippen molar-refractivity contribution in [2.24, 2.45) is 13.0 Å². The van der Waals surface area contributed by atoms with E-state index in [1.807, 2.05) is 17.8 Å². The third-order valence-corrected chi connectivity index (χ3v) is 5.05. The molecule has 2 aromatic rings. The zero-order valence-corrected chi connectivity index (χ0v) is 14.0. The molecule has 0 spiro atoms. The number of hydrogen-bond acceptors (Lipinski definition) is 6. The summed E-state index contributed by atoms with van der Waals surface area (Å²) >= 11 is 0. The molecule has 2 saturated carbocycles. The largest absolute Gasteiger partial charge is 0.393 e. The summed E-state index contributed by atoms with van der Waals surface area (Å²) in [6, 6.07) is 2.23. The molecule has 2 fully saturated rings. The summed E-state index contributed by atoms with van der Waals surface area (Å²) in [7, 11) is 1.95. The molecular formula is C17H24N6O. The SMILES string of the molecule is Cn1nnc(-c2ccnc(N[C@H]3CC[C@H](O)CC3)n2)c1CC1CC1. The number of aromatic nitrogens is 5. The first-order chi connectivity index (χ1) is 11.7. The highest BCUT2D eigenvalue weighted by Crippen LogP contribution is 2.34. The Hall–Kier alpha value is -2.02. The molecule has 0 radical (unpaired) electrons. The van der Waals surface area contributed by atoms with Crippen LogP contribution in [-0.2, 0) is 13.5 Å². The van der Waals surface area contributed by atoms with Crippen LogP contribution in [0, 0.1) is 5.92 Å². The summed E-state index contributed by atoms with van der Waals surface area (Å²) in [6.07, 6.45) is 8.83. The van der Waals surface area contributed by atoms with Crippen molar-refractivity contribution in [2.75, 3.05) is 5.32 Å². The molecule has 2 heterocycles. The van der Waals surface area contributed by atoms with Crippen LogP contribution in [0.15, 0.2) is 12.3 Å². The van der Waals surface area contributed by atoms with Crippen LogP contribution >= 0.6 is 0 Å². The monoisotopic (exact) mass is 328 g/mol. The second kappa shape index (κ2) is 6.47. The predicted octanol–water partition coefficient (Wildman–Crippen LogP) is 1.94. The summed E-state index contributed by atoms with van der Waals surface area (Å²) < 4.78 is 1.87. The molecule has 2 aliphatic rings. The maximum atomic E-state index is 9.62. The van der Waals surface area contributed by atoms with Crippen molar-refractivity contribution in [2.45, 2.75) is 57.1 Å². The van der Waals surface area contributed by atoms with Crippen molar-refractivity contribution in [3.8, 4) is 11.4 Å². The van der Waals surface area contributed by atoms with Gasteiger partial charge in [0.1, 0.15) is 5.69 Å². The molecular weight excluding hydrogens is 304 g/mol.